The third-order valence-corrected chi connectivity index (χ3v) is 5.09. The van der Waals surface area contributed by atoms with E-state index in [1.54, 1.807) is 4.90 Å². The van der Waals surface area contributed by atoms with Gasteiger partial charge in [0.1, 0.15) is 6.61 Å². The SMILES string of the molecule is O=C(O)COCCOCCNC(=O)CCC(=O)N1Cc2ccccc2/C=C\c2ccccc21. The minimum Gasteiger partial charge on any atom is -0.480 e. The van der Waals surface area contributed by atoms with E-state index in [1.807, 2.05) is 54.6 Å². The Balaban J connectivity index is 1.48. The van der Waals surface area contributed by atoms with Crippen molar-refractivity contribution in [3.05, 3.63) is 65.2 Å². The smallest absolute Gasteiger partial charge is 0.329 e. The molecule has 2 aromatic rings. The summed E-state index contributed by atoms with van der Waals surface area (Å²) in [5.74, 6) is -1.37. The van der Waals surface area contributed by atoms with Crippen molar-refractivity contribution in [3.8, 4) is 0 Å². The van der Waals surface area contributed by atoms with Gasteiger partial charge in [0.2, 0.25) is 11.8 Å². The van der Waals surface area contributed by atoms with Crippen molar-refractivity contribution in [1.82, 2.24) is 5.32 Å². The summed E-state index contributed by atoms with van der Waals surface area (Å²) in [5.41, 5.74) is 3.89. The molecule has 2 amide bonds. The molecule has 0 spiro atoms. The number of carbonyl (C=O) groups is 3. The molecule has 0 atom stereocenters. The lowest BCUT2D eigenvalue weighted by Gasteiger charge is -2.27. The molecule has 0 saturated heterocycles. The lowest BCUT2D eigenvalue weighted by Crippen LogP contribution is -2.33. The van der Waals surface area contributed by atoms with Crippen LogP contribution in [0.5, 0.6) is 0 Å². The second kappa shape index (κ2) is 12.5. The largest absolute Gasteiger partial charge is 0.480 e. The molecule has 0 radical (unpaired) electrons. The summed E-state index contributed by atoms with van der Waals surface area (Å²) in [4.78, 5) is 37.3. The Hall–Kier alpha value is -3.49. The standard InChI is InChI=1S/C25H28N2O6/c28-23(26-13-14-32-15-16-33-18-25(30)31)11-12-24(29)27-17-21-7-2-1-5-19(21)9-10-20-6-3-4-8-22(20)27/h1-10H,11-18H2,(H,26,28)(H,30,31)/b10-9-. The van der Waals surface area contributed by atoms with E-state index in [4.69, 9.17) is 14.6 Å². The first kappa shape index (κ1) is 24.2. The number of carboxylic acid groups (broad SMARTS) is 1. The average Bonchev–Trinajstić information content (AvgIpc) is 2.80. The molecule has 0 aliphatic carbocycles. The number of aliphatic carboxylic acids is 1. The molecule has 174 valence electrons. The Morgan fingerprint density at radius 2 is 1.58 bits per heavy atom. The van der Waals surface area contributed by atoms with Crippen molar-refractivity contribution in [2.75, 3.05) is 37.9 Å². The second-order valence-corrected chi connectivity index (χ2v) is 7.48. The predicted octanol–water partition coefficient (Wildman–Crippen LogP) is 2.72. The molecule has 1 aliphatic rings. The van der Waals surface area contributed by atoms with Crippen LogP contribution in [0.15, 0.2) is 48.5 Å². The zero-order valence-electron chi connectivity index (χ0n) is 18.4. The van der Waals surface area contributed by atoms with Crippen LogP contribution in [-0.4, -0.2) is 55.9 Å². The molecule has 2 N–H and O–H groups in total. The van der Waals surface area contributed by atoms with Crippen LogP contribution in [0.4, 0.5) is 5.69 Å². The van der Waals surface area contributed by atoms with Gasteiger partial charge in [-0.05, 0) is 22.8 Å². The van der Waals surface area contributed by atoms with Gasteiger partial charge in [-0.3, -0.25) is 9.59 Å². The minimum absolute atomic E-state index is 0.0801. The van der Waals surface area contributed by atoms with Gasteiger partial charge in [0.25, 0.3) is 0 Å². The predicted molar refractivity (Wildman–Crippen MR) is 125 cm³/mol. The number of hydrogen-bond acceptors (Lipinski definition) is 5. The van der Waals surface area contributed by atoms with Crippen LogP contribution < -0.4 is 10.2 Å². The van der Waals surface area contributed by atoms with Crippen LogP contribution in [0.1, 0.15) is 29.5 Å². The molecular weight excluding hydrogens is 424 g/mol. The second-order valence-electron chi connectivity index (χ2n) is 7.48. The highest BCUT2D eigenvalue weighted by molar-refractivity contribution is 5.98. The number of hydrogen-bond donors (Lipinski definition) is 2. The molecule has 0 unspecified atom stereocenters. The van der Waals surface area contributed by atoms with Crippen molar-refractivity contribution in [1.29, 1.82) is 0 Å². The van der Waals surface area contributed by atoms with Gasteiger partial charge in [0, 0.05) is 19.4 Å². The van der Waals surface area contributed by atoms with Gasteiger partial charge in [-0.2, -0.15) is 0 Å². The van der Waals surface area contributed by atoms with Crippen molar-refractivity contribution < 1.29 is 29.0 Å². The van der Waals surface area contributed by atoms with E-state index >= 15 is 0 Å². The van der Waals surface area contributed by atoms with E-state index in [0.29, 0.717) is 13.1 Å². The summed E-state index contributed by atoms with van der Waals surface area (Å²) in [7, 11) is 0. The Bertz CT molecular complexity index is 1000. The van der Waals surface area contributed by atoms with E-state index in [1.165, 1.54) is 0 Å². The Kier molecular flexibility index (Phi) is 9.17. The first-order valence-corrected chi connectivity index (χ1v) is 10.8. The topological polar surface area (TPSA) is 105 Å². The van der Waals surface area contributed by atoms with Crippen molar-refractivity contribution in [3.63, 3.8) is 0 Å². The molecule has 0 bridgehead atoms. The van der Waals surface area contributed by atoms with Gasteiger partial charge in [-0.15, -0.1) is 0 Å². The quantitative estimate of drug-likeness (QED) is 0.508. The number of anilines is 1. The molecule has 2 aromatic carbocycles. The molecule has 8 nitrogen and oxygen atoms in total. The van der Waals surface area contributed by atoms with Gasteiger partial charge in [-0.25, -0.2) is 4.79 Å². The fourth-order valence-electron chi connectivity index (χ4n) is 3.46. The minimum atomic E-state index is -1.03. The van der Waals surface area contributed by atoms with Crippen LogP contribution >= 0.6 is 0 Å². The third-order valence-electron chi connectivity index (χ3n) is 5.09. The number of ether oxygens (including phenoxy) is 2. The number of para-hydroxylation sites is 1. The van der Waals surface area contributed by atoms with E-state index in [-0.39, 0.29) is 51.1 Å². The highest BCUT2D eigenvalue weighted by Crippen LogP contribution is 2.29. The van der Waals surface area contributed by atoms with Crippen LogP contribution in [-0.2, 0) is 30.4 Å². The van der Waals surface area contributed by atoms with Crippen LogP contribution in [0, 0.1) is 0 Å². The molecule has 1 aliphatic heterocycles. The summed E-state index contributed by atoms with van der Waals surface area (Å²) < 4.78 is 10.1. The molecule has 3 rings (SSSR count). The van der Waals surface area contributed by atoms with Gasteiger partial charge in [0.05, 0.1) is 32.1 Å². The van der Waals surface area contributed by atoms with Crippen molar-refractivity contribution >= 4 is 35.6 Å². The highest BCUT2D eigenvalue weighted by atomic mass is 16.5. The highest BCUT2D eigenvalue weighted by Gasteiger charge is 2.21. The molecule has 8 heteroatoms. The summed E-state index contributed by atoms with van der Waals surface area (Å²) in [6.07, 6.45) is 4.24. The van der Waals surface area contributed by atoms with Gasteiger partial charge in [0.15, 0.2) is 0 Å². The number of benzene rings is 2. The summed E-state index contributed by atoms with van der Waals surface area (Å²) >= 11 is 0. The van der Waals surface area contributed by atoms with Crippen LogP contribution in [0.25, 0.3) is 12.2 Å². The van der Waals surface area contributed by atoms with E-state index in [0.717, 1.165) is 22.4 Å². The zero-order valence-corrected chi connectivity index (χ0v) is 18.4. The molecule has 1 heterocycles. The van der Waals surface area contributed by atoms with E-state index in [9.17, 15) is 14.4 Å². The molecule has 0 aromatic heterocycles. The summed E-state index contributed by atoms with van der Waals surface area (Å²) in [5, 5.41) is 11.2. The molecular formula is C25H28N2O6. The van der Waals surface area contributed by atoms with Crippen LogP contribution in [0.2, 0.25) is 0 Å². The average molecular weight is 453 g/mol. The molecule has 33 heavy (non-hydrogen) atoms. The van der Waals surface area contributed by atoms with E-state index < -0.39 is 5.97 Å². The maximum Gasteiger partial charge on any atom is 0.329 e. The summed E-state index contributed by atoms with van der Waals surface area (Å²) in [6, 6.07) is 15.7. The third kappa shape index (κ3) is 7.55. The number of carboxylic acids is 1. The van der Waals surface area contributed by atoms with Crippen molar-refractivity contribution in [2.45, 2.75) is 19.4 Å². The first-order valence-electron chi connectivity index (χ1n) is 10.8. The maximum atomic E-state index is 13.1. The fourth-order valence-corrected chi connectivity index (χ4v) is 3.46. The maximum absolute atomic E-state index is 13.1. The Morgan fingerprint density at radius 1 is 0.879 bits per heavy atom. The van der Waals surface area contributed by atoms with Gasteiger partial charge in [-0.1, -0.05) is 54.6 Å². The number of nitrogens with zero attached hydrogens (tertiary/aromatic N) is 1. The Labute approximate surface area is 192 Å². The summed E-state index contributed by atoms with van der Waals surface area (Å²) in [6.45, 7) is 1.07. The fraction of sp³-hybridized carbons (Fsp3) is 0.320. The van der Waals surface area contributed by atoms with E-state index in [2.05, 4.69) is 11.4 Å². The monoisotopic (exact) mass is 452 g/mol. The number of rotatable bonds is 11. The van der Waals surface area contributed by atoms with Crippen LogP contribution in [0.3, 0.4) is 0 Å². The Morgan fingerprint density at radius 3 is 2.39 bits per heavy atom. The number of amides is 2. The number of nitrogens with one attached hydrogen (secondary N) is 1. The van der Waals surface area contributed by atoms with Gasteiger partial charge < -0.3 is 24.8 Å². The number of fused-ring (bicyclic) bond motifs is 2. The first-order chi connectivity index (χ1) is 16.0. The lowest BCUT2D eigenvalue weighted by molar-refractivity contribution is -0.142. The molecule has 0 fully saturated rings. The van der Waals surface area contributed by atoms with Crippen molar-refractivity contribution in [2.24, 2.45) is 0 Å². The molecule has 0 saturated carbocycles. The number of carbonyl (C=O) groups excluding carboxylic acids is 2. The normalized spacial score (nSPS) is 13.3. The van der Waals surface area contributed by atoms with Gasteiger partial charge >= 0.3 is 5.97 Å². The zero-order chi connectivity index (χ0) is 23.5. The lowest BCUT2D eigenvalue weighted by atomic mass is 10.0.